The van der Waals surface area contributed by atoms with Crippen LogP contribution in [0.1, 0.15) is 60.8 Å². The van der Waals surface area contributed by atoms with Gasteiger partial charge in [-0.2, -0.15) is 5.10 Å². The molecule has 1 N–H and O–H groups in total. The number of rotatable bonds is 5. The van der Waals surface area contributed by atoms with Crippen LogP contribution in [0.5, 0.6) is 0 Å². The van der Waals surface area contributed by atoms with Gasteiger partial charge in [-0.05, 0) is 33.1 Å². The van der Waals surface area contributed by atoms with Crippen molar-refractivity contribution >= 4 is 5.91 Å². The number of aryl methyl sites for hydroxylation is 3. The number of hydrogen-bond acceptors (Lipinski definition) is 5. The first-order chi connectivity index (χ1) is 11.6. The topological polar surface area (TPSA) is 87.9 Å². The third-order valence-corrected chi connectivity index (χ3v) is 4.79. The molecule has 130 valence electrons. The maximum absolute atomic E-state index is 12.6. The lowest BCUT2D eigenvalue weighted by Crippen LogP contribution is -2.39. The minimum Gasteiger partial charge on any atom is -0.361 e. The van der Waals surface area contributed by atoms with E-state index in [1.54, 1.807) is 0 Å². The summed E-state index contributed by atoms with van der Waals surface area (Å²) in [6.45, 7) is 7.40. The molecule has 1 amide bonds. The average Bonchev–Trinajstić information content (AvgIpc) is 3.20. The fourth-order valence-electron chi connectivity index (χ4n) is 3.31. The molecule has 0 saturated carbocycles. The van der Waals surface area contributed by atoms with Crippen LogP contribution >= 0.6 is 0 Å². The van der Waals surface area contributed by atoms with Gasteiger partial charge in [-0.15, -0.1) is 0 Å². The number of likely N-dealkylation sites (tertiary alicyclic amines) is 1. The molecule has 0 aromatic carbocycles. The molecule has 0 unspecified atom stereocenters. The largest absolute Gasteiger partial charge is 0.361 e. The van der Waals surface area contributed by atoms with Crippen molar-refractivity contribution in [3.63, 3.8) is 0 Å². The van der Waals surface area contributed by atoms with E-state index >= 15 is 0 Å². The van der Waals surface area contributed by atoms with Crippen LogP contribution in [0, 0.1) is 13.8 Å². The molecule has 2 aromatic rings. The molecule has 7 nitrogen and oxygen atoms in total. The molecule has 0 aliphatic carbocycles. The van der Waals surface area contributed by atoms with E-state index in [0.29, 0.717) is 19.4 Å². The molecule has 0 bridgehead atoms. The highest BCUT2D eigenvalue weighted by Crippen LogP contribution is 2.25. The number of nitrogens with one attached hydrogen (secondary N) is 1. The molecule has 1 fully saturated rings. The number of nitrogens with zero attached hydrogens (tertiary/aromatic N) is 4. The van der Waals surface area contributed by atoms with Gasteiger partial charge in [0.2, 0.25) is 5.91 Å². The fourth-order valence-corrected chi connectivity index (χ4v) is 3.31. The van der Waals surface area contributed by atoms with Gasteiger partial charge in [0, 0.05) is 37.4 Å². The summed E-state index contributed by atoms with van der Waals surface area (Å²) in [7, 11) is 0. The van der Waals surface area contributed by atoms with Crippen molar-refractivity contribution in [3.05, 3.63) is 28.7 Å². The summed E-state index contributed by atoms with van der Waals surface area (Å²) in [5.41, 5.74) is 1.93. The lowest BCUT2D eigenvalue weighted by atomic mass is 9.96. The molecule has 0 radical (unpaired) electrons. The van der Waals surface area contributed by atoms with Crippen LogP contribution in [-0.2, 0) is 17.6 Å². The van der Waals surface area contributed by atoms with E-state index in [1.165, 1.54) is 0 Å². The van der Waals surface area contributed by atoms with Gasteiger partial charge in [0.25, 0.3) is 0 Å². The predicted octanol–water partition coefficient (Wildman–Crippen LogP) is 2.31. The highest BCUT2D eigenvalue weighted by atomic mass is 16.5. The molecule has 1 saturated heterocycles. The zero-order valence-corrected chi connectivity index (χ0v) is 14.6. The number of aromatic amines is 1. The zero-order chi connectivity index (χ0) is 17.1. The van der Waals surface area contributed by atoms with E-state index in [-0.39, 0.29) is 11.8 Å². The van der Waals surface area contributed by atoms with Crippen LogP contribution in [0.15, 0.2) is 4.52 Å². The lowest BCUT2D eigenvalue weighted by Gasteiger charge is -2.31. The molecule has 2 aromatic heterocycles. The van der Waals surface area contributed by atoms with Crippen molar-refractivity contribution < 1.29 is 9.32 Å². The summed E-state index contributed by atoms with van der Waals surface area (Å²) in [5.74, 6) is 2.98. The first-order valence-corrected chi connectivity index (χ1v) is 8.69. The third kappa shape index (κ3) is 3.49. The second-order valence-corrected chi connectivity index (χ2v) is 6.48. The highest BCUT2D eigenvalue weighted by Gasteiger charge is 2.27. The Morgan fingerprint density at radius 3 is 2.92 bits per heavy atom. The Balaban J connectivity index is 1.58. The van der Waals surface area contributed by atoms with Gasteiger partial charge >= 0.3 is 0 Å². The number of hydrogen-bond donors (Lipinski definition) is 1. The van der Waals surface area contributed by atoms with E-state index < -0.39 is 0 Å². The fraction of sp³-hybridized carbons (Fsp3) is 0.647. The van der Waals surface area contributed by atoms with Gasteiger partial charge in [-0.1, -0.05) is 12.1 Å². The Bertz CT molecular complexity index is 686. The van der Waals surface area contributed by atoms with E-state index in [1.807, 2.05) is 18.7 Å². The van der Waals surface area contributed by atoms with Crippen LogP contribution in [0.25, 0.3) is 0 Å². The van der Waals surface area contributed by atoms with E-state index in [4.69, 9.17) is 4.52 Å². The normalized spacial score (nSPS) is 18.1. The Kier molecular flexibility index (Phi) is 4.97. The summed E-state index contributed by atoms with van der Waals surface area (Å²) in [4.78, 5) is 19.1. The standard InChI is InChI=1S/C17H25N5O2/c1-4-15-18-17(20-19-15)13-6-5-9-22(10-13)16(23)8-7-14-11(2)21-24-12(14)3/h13H,4-10H2,1-3H3,(H,18,19,20)/t13-/m0/s1. The highest BCUT2D eigenvalue weighted by molar-refractivity contribution is 5.76. The number of piperidine rings is 1. The summed E-state index contributed by atoms with van der Waals surface area (Å²) < 4.78 is 5.17. The van der Waals surface area contributed by atoms with Crippen molar-refractivity contribution in [3.8, 4) is 0 Å². The molecule has 3 rings (SSSR count). The van der Waals surface area contributed by atoms with E-state index in [0.717, 1.165) is 54.5 Å². The first-order valence-electron chi connectivity index (χ1n) is 8.69. The third-order valence-electron chi connectivity index (χ3n) is 4.79. The lowest BCUT2D eigenvalue weighted by molar-refractivity contribution is -0.132. The van der Waals surface area contributed by atoms with Gasteiger partial charge in [0.05, 0.1) is 5.69 Å². The van der Waals surface area contributed by atoms with Gasteiger partial charge in [-0.25, -0.2) is 4.98 Å². The maximum atomic E-state index is 12.6. The summed E-state index contributed by atoms with van der Waals surface area (Å²) in [6, 6.07) is 0. The Labute approximate surface area is 141 Å². The van der Waals surface area contributed by atoms with Crippen LogP contribution in [0.4, 0.5) is 0 Å². The molecule has 0 spiro atoms. The SMILES string of the molecule is CCc1nc([C@H]2CCCN(C(=O)CCc3c(C)noc3C)C2)n[nH]1. The van der Waals surface area contributed by atoms with Crippen molar-refractivity contribution in [2.75, 3.05) is 13.1 Å². The molecule has 1 aliphatic heterocycles. The molecule has 1 atom stereocenters. The number of aromatic nitrogens is 4. The number of carbonyl (C=O) groups is 1. The molecule has 3 heterocycles. The number of H-pyrrole nitrogens is 1. The van der Waals surface area contributed by atoms with Crippen molar-refractivity contribution in [2.24, 2.45) is 0 Å². The Morgan fingerprint density at radius 1 is 1.42 bits per heavy atom. The quantitative estimate of drug-likeness (QED) is 0.908. The van der Waals surface area contributed by atoms with Crippen LogP contribution in [0.2, 0.25) is 0 Å². The molecule has 7 heteroatoms. The Hall–Kier alpha value is -2.18. The summed E-state index contributed by atoms with van der Waals surface area (Å²) in [6.07, 6.45) is 4.05. The van der Waals surface area contributed by atoms with Gasteiger partial charge in [-0.3, -0.25) is 9.89 Å². The van der Waals surface area contributed by atoms with Gasteiger partial charge < -0.3 is 9.42 Å². The van der Waals surface area contributed by atoms with Gasteiger partial charge in [0.15, 0.2) is 5.82 Å². The second kappa shape index (κ2) is 7.15. The number of amides is 1. The Morgan fingerprint density at radius 2 is 2.25 bits per heavy atom. The van der Waals surface area contributed by atoms with E-state index in [2.05, 4.69) is 27.3 Å². The molecular formula is C17H25N5O2. The smallest absolute Gasteiger partial charge is 0.222 e. The monoisotopic (exact) mass is 331 g/mol. The van der Waals surface area contributed by atoms with Crippen molar-refractivity contribution in [1.29, 1.82) is 0 Å². The van der Waals surface area contributed by atoms with Crippen LogP contribution in [-0.4, -0.2) is 44.2 Å². The predicted molar refractivity (Wildman–Crippen MR) is 88.6 cm³/mol. The molecule has 1 aliphatic rings. The molecule has 24 heavy (non-hydrogen) atoms. The average molecular weight is 331 g/mol. The van der Waals surface area contributed by atoms with Gasteiger partial charge in [0.1, 0.15) is 11.6 Å². The summed E-state index contributed by atoms with van der Waals surface area (Å²) >= 11 is 0. The maximum Gasteiger partial charge on any atom is 0.222 e. The first kappa shape index (κ1) is 16.7. The van der Waals surface area contributed by atoms with Crippen LogP contribution in [0.3, 0.4) is 0 Å². The van der Waals surface area contributed by atoms with Crippen LogP contribution < -0.4 is 0 Å². The van der Waals surface area contributed by atoms with Crippen molar-refractivity contribution in [1.82, 2.24) is 25.2 Å². The number of carbonyl (C=O) groups excluding carboxylic acids is 1. The van der Waals surface area contributed by atoms with E-state index in [9.17, 15) is 4.79 Å². The zero-order valence-electron chi connectivity index (χ0n) is 14.6. The minimum absolute atomic E-state index is 0.186. The summed E-state index contributed by atoms with van der Waals surface area (Å²) in [5, 5.41) is 11.2. The second-order valence-electron chi connectivity index (χ2n) is 6.48. The molecular weight excluding hydrogens is 306 g/mol. The minimum atomic E-state index is 0.186. The van der Waals surface area contributed by atoms with Crippen molar-refractivity contribution in [2.45, 2.75) is 58.8 Å².